The monoisotopic (exact) mass is 380 g/mol. The van der Waals surface area contributed by atoms with Crippen LogP contribution in [0.5, 0.6) is 0 Å². The Morgan fingerprint density at radius 1 is 1.04 bits per heavy atom. The lowest BCUT2D eigenvalue weighted by atomic mass is 10.1. The highest BCUT2D eigenvalue weighted by Crippen LogP contribution is 2.31. The van der Waals surface area contributed by atoms with Crippen molar-refractivity contribution in [2.75, 3.05) is 31.2 Å². The Kier molecular flexibility index (Phi) is 3.88. The largest absolute Gasteiger partial charge is 0.378 e. The zero-order valence-electron chi connectivity index (χ0n) is 14.5. The fraction of sp³-hybridized carbons (Fsp3) is 0.200. The zero-order valence-corrected chi connectivity index (χ0v) is 15.2. The molecule has 0 unspecified atom stereocenters. The Morgan fingerprint density at radius 3 is 2.70 bits per heavy atom. The Labute approximate surface area is 159 Å². The number of hydrogen-bond acceptors (Lipinski definition) is 4. The van der Waals surface area contributed by atoms with E-state index < -0.39 is 0 Å². The lowest BCUT2D eigenvalue weighted by molar-refractivity contribution is 0.122. The molecule has 0 aliphatic carbocycles. The summed E-state index contributed by atoms with van der Waals surface area (Å²) in [5.41, 5.74) is 3.59. The van der Waals surface area contributed by atoms with E-state index in [1.807, 2.05) is 36.4 Å². The van der Waals surface area contributed by atoms with Gasteiger partial charge in [-0.1, -0.05) is 29.8 Å². The normalized spacial score (nSPS) is 14.9. The Bertz CT molecular complexity index is 1210. The van der Waals surface area contributed by atoms with Crippen LogP contribution >= 0.6 is 11.6 Å². The van der Waals surface area contributed by atoms with Gasteiger partial charge in [-0.3, -0.25) is 4.79 Å². The maximum atomic E-state index is 12.6. The van der Waals surface area contributed by atoms with Gasteiger partial charge in [0, 0.05) is 29.7 Å². The van der Waals surface area contributed by atoms with E-state index in [4.69, 9.17) is 16.3 Å². The molecule has 5 rings (SSSR count). The first-order valence-corrected chi connectivity index (χ1v) is 9.22. The summed E-state index contributed by atoms with van der Waals surface area (Å²) < 4.78 is 5.42. The molecule has 0 radical (unpaired) electrons. The molecule has 6 nitrogen and oxygen atoms in total. The van der Waals surface area contributed by atoms with Crippen molar-refractivity contribution < 1.29 is 4.74 Å². The van der Waals surface area contributed by atoms with Crippen LogP contribution < -0.4 is 10.5 Å². The van der Waals surface area contributed by atoms with E-state index in [1.165, 1.54) is 0 Å². The number of anilines is 1. The van der Waals surface area contributed by atoms with E-state index in [-0.39, 0.29) is 5.56 Å². The third kappa shape index (κ3) is 2.78. The molecule has 2 aromatic carbocycles. The second kappa shape index (κ2) is 6.40. The SMILES string of the molecule is O=c1[nH]c2ccccc2c(Cl)c1-c1nc2ccc(N3CCOCC3)cc2[nH]1. The molecule has 1 saturated heterocycles. The van der Waals surface area contributed by atoms with Crippen molar-refractivity contribution in [2.24, 2.45) is 0 Å². The minimum Gasteiger partial charge on any atom is -0.378 e. The third-order valence-electron chi connectivity index (χ3n) is 4.94. The van der Waals surface area contributed by atoms with Crippen LogP contribution in [0, 0.1) is 0 Å². The summed E-state index contributed by atoms with van der Waals surface area (Å²) in [7, 11) is 0. The van der Waals surface area contributed by atoms with E-state index in [2.05, 4.69) is 25.9 Å². The van der Waals surface area contributed by atoms with E-state index in [1.54, 1.807) is 0 Å². The molecular formula is C20H17ClN4O2. The number of H-pyrrole nitrogens is 2. The molecule has 136 valence electrons. The lowest BCUT2D eigenvalue weighted by Crippen LogP contribution is -2.36. The van der Waals surface area contributed by atoms with E-state index in [9.17, 15) is 4.79 Å². The van der Waals surface area contributed by atoms with Gasteiger partial charge in [-0.2, -0.15) is 0 Å². The van der Waals surface area contributed by atoms with Crippen molar-refractivity contribution in [2.45, 2.75) is 0 Å². The molecule has 4 aromatic rings. The standard InChI is InChI=1S/C20H17ClN4O2/c21-18-13-3-1-2-4-14(13)24-20(26)17(18)19-22-15-6-5-12(11-16(15)23-19)25-7-9-27-10-8-25/h1-6,11H,7-10H2,(H,22,23)(H,24,26). The molecule has 1 fully saturated rings. The predicted molar refractivity (Wildman–Crippen MR) is 108 cm³/mol. The summed E-state index contributed by atoms with van der Waals surface area (Å²) in [5.74, 6) is 0.473. The van der Waals surface area contributed by atoms with Gasteiger partial charge >= 0.3 is 0 Å². The number of benzene rings is 2. The number of hydrogen-bond donors (Lipinski definition) is 2. The number of nitrogens with zero attached hydrogens (tertiary/aromatic N) is 2. The zero-order chi connectivity index (χ0) is 18.4. The van der Waals surface area contributed by atoms with Gasteiger partial charge in [-0.25, -0.2) is 4.98 Å². The molecule has 2 aromatic heterocycles. The molecule has 7 heteroatoms. The van der Waals surface area contributed by atoms with Crippen LogP contribution in [0.15, 0.2) is 47.3 Å². The maximum absolute atomic E-state index is 12.6. The highest BCUT2D eigenvalue weighted by atomic mass is 35.5. The van der Waals surface area contributed by atoms with Crippen LogP contribution in [0.2, 0.25) is 5.02 Å². The number of aromatic nitrogens is 3. The molecule has 1 aliphatic rings. The number of aromatic amines is 2. The van der Waals surface area contributed by atoms with E-state index in [0.717, 1.165) is 48.4 Å². The number of rotatable bonds is 2. The molecule has 0 bridgehead atoms. The number of fused-ring (bicyclic) bond motifs is 2. The van der Waals surface area contributed by atoms with Crippen LogP contribution in [-0.4, -0.2) is 41.3 Å². The van der Waals surface area contributed by atoms with Crippen molar-refractivity contribution in [3.63, 3.8) is 0 Å². The number of halogens is 1. The molecule has 0 amide bonds. The van der Waals surface area contributed by atoms with Gasteiger partial charge < -0.3 is 19.6 Å². The average molecular weight is 381 g/mol. The Balaban J connectivity index is 1.63. The first-order valence-electron chi connectivity index (χ1n) is 8.84. The van der Waals surface area contributed by atoms with Crippen molar-refractivity contribution >= 4 is 39.2 Å². The second-order valence-electron chi connectivity index (χ2n) is 6.57. The molecule has 0 spiro atoms. The van der Waals surface area contributed by atoms with Gasteiger partial charge in [0.25, 0.3) is 5.56 Å². The maximum Gasteiger partial charge on any atom is 0.260 e. The van der Waals surface area contributed by atoms with Crippen LogP contribution in [0.25, 0.3) is 33.3 Å². The molecule has 0 saturated carbocycles. The number of ether oxygens (including phenoxy) is 1. The summed E-state index contributed by atoms with van der Waals surface area (Å²) in [4.78, 5) is 25.6. The van der Waals surface area contributed by atoms with E-state index in [0.29, 0.717) is 21.9 Å². The van der Waals surface area contributed by atoms with Crippen LogP contribution in [0.4, 0.5) is 5.69 Å². The molecular weight excluding hydrogens is 364 g/mol. The van der Waals surface area contributed by atoms with Crippen LogP contribution in [0.3, 0.4) is 0 Å². The van der Waals surface area contributed by atoms with Crippen molar-refractivity contribution in [3.8, 4) is 11.4 Å². The second-order valence-corrected chi connectivity index (χ2v) is 6.95. The molecule has 1 aliphatic heterocycles. The van der Waals surface area contributed by atoms with Gasteiger partial charge in [-0.15, -0.1) is 0 Å². The minimum atomic E-state index is -0.258. The first kappa shape index (κ1) is 16.4. The number of nitrogens with one attached hydrogen (secondary N) is 2. The third-order valence-corrected chi connectivity index (χ3v) is 5.33. The average Bonchev–Trinajstić information content (AvgIpc) is 3.11. The molecule has 27 heavy (non-hydrogen) atoms. The summed E-state index contributed by atoms with van der Waals surface area (Å²) in [5, 5.41) is 1.20. The van der Waals surface area contributed by atoms with Gasteiger partial charge in [0.05, 0.1) is 29.3 Å². The van der Waals surface area contributed by atoms with Crippen molar-refractivity contribution in [1.82, 2.24) is 15.0 Å². The number of imidazole rings is 1. The minimum absolute atomic E-state index is 0.258. The number of para-hydroxylation sites is 1. The van der Waals surface area contributed by atoms with Gasteiger partial charge in [-0.05, 0) is 24.3 Å². The molecule has 3 heterocycles. The topological polar surface area (TPSA) is 74.0 Å². The molecule has 0 atom stereocenters. The van der Waals surface area contributed by atoms with Crippen LogP contribution in [-0.2, 0) is 4.74 Å². The fourth-order valence-electron chi connectivity index (χ4n) is 3.55. The lowest BCUT2D eigenvalue weighted by Gasteiger charge is -2.28. The van der Waals surface area contributed by atoms with Crippen molar-refractivity contribution in [1.29, 1.82) is 0 Å². The Morgan fingerprint density at radius 2 is 1.85 bits per heavy atom. The predicted octanol–water partition coefficient (Wildman–Crippen LogP) is 3.56. The van der Waals surface area contributed by atoms with Crippen molar-refractivity contribution in [3.05, 3.63) is 57.8 Å². The van der Waals surface area contributed by atoms with Gasteiger partial charge in [0.2, 0.25) is 0 Å². The number of pyridine rings is 1. The smallest absolute Gasteiger partial charge is 0.260 e. The summed E-state index contributed by atoms with van der Waals surface area (Å²) >= 11 is 6.56. The van der Waals surface area contributed by atoms with Gasteiger partial charge in [0.1, 0.15) is 11.4 Å². The summed E-state index contributed by atoms with van der Waals surface area (Å²) in [6.45, 7) is 3.19. The van der Waals surface area contributed by atoms with Gasteiger partial charge in [0.15, 0.2) is 0 Å². The quantitative estimate of drug-likeness (QED) is 0.557. The van der Waals surface area contributed by atoms with Crippen LogP contribution in [0.1, 0.15) is 0 Å². The van der Waals surface area contributed by atoms with E-state index >= 15 is 0 Å². The first-order chi connectivity index (χ1) is 13.2. The highest BCUT2D eigenvalue weighted by Gasteiger charge is 2.17. The summed E-state index contributed by atoms with van der Waals surface area (Å²) in [6.07, 6.45) is 0. The number of morpholine rings is 1. The molecule has 2 N–H and O–H groups in total. The fourth-order valence-corrected chi connectivity index (χ4v) is 3.89. The summed E-state index contributed by atoms with van der Waals surface area (Å²) in [6, 6.07) is 13.5. The highest BCUT2D eigenvalue weighted by molar-refractivity contribution is 6.37. The Hall–Kier alpha value is -2.83.